The second kappa shape index (κ2) is 9.95. The fourth-order valence-electron chi connectivity index (χ4n) is 3.42. The van der Waals surface area contributed by atoms with E-state index in [2.05, 4.69) is 5.32 Å². The first kappa shape index (κ1) is 24.1. The fraction of sp³-hybridized carbons (Fsp3) is 0.160. The molecule has 176 valence electrons. The number of carbonyl (C=O) groups is 3. The van der Waals surface area contributed by atoms with Crippen LogP contribution >= 0.6 is 0 Å². The highest BCUT2D eigenvalue weighted by Crippen LogP contribution is 2.30. The van der Waals surface area contributed by atoms with Crippen molar-refractivity contribution in [2.75, 3.05) is 43.0 Å². The molecule has 9 heteroatoms. The molecule has 5 N–H and O–H groups in total. The van der Waals surface area contributed by atoms with Gasteiger partial charge in [0.25, 0.3) is 11.8 Å². The Kier molecular flexibility index (Phi) is 7.06. The molecule has 0 spiro atoms. The Bertz CT molecular complexity index is 1270. The number of nitrogens with one attached hydrogen (secondary N) is 1. The maximum absolute atomic E-state index is 13.2. The third kappa shape index (κ3) is 4.78. The van der Waals surface area contributed by atoms with E-state index in [1.54, 1.807) is 55.6 Å². The van der Waals surface area contributed by atoms with Crippen molar-refractivity contribution in [1.29, 1.82) is 0 Å². The minimum Gasteiger partial charge on any atom is -0.495 e. The number of hydrogen-bond acceptors (Lipinski definition) is 7. The summed E-state index contributed by atoms with van der Waals surface area (Å²) in [7, 11) is 4.27. The van der Waals surface area contributed by atoms with Gasteiger partial charge in [0.1, 0.15) is 5.75 Å². The molecule has 0 unspecified atom stereocenters. The first-order valence-corrected chi connectivity index (χ1v) is 10.3. The molecule has 0 saturated heterocycles. The van der Waals surface area contributed by atoms with Gasteiger partial charge in [-0.25, -0.2) is 4.79 Å². The van der Waals surface area contributed by atoms with Crippen molar-refractivity contribution >= 4 is 40.5 Å². The van der Waals surface area contributed by atoms with Gasteiger partial charge in [-0.2, -0.15) is 0 Å². The smallest absolute Gasteiger partial charge is 0.339 e. The van der Waals surface area contributed by atoms with E-state index in [9.17, 15) is 14.4 Å². The first-order valence-electron chi connectivity index (χ1n) is 10.3. The molecule has 0 fully saturated rings. The molecule has 34 heavy (non-hydrogen) atoms. The lowest BCUT2D eigenvalue weighted by Crippen LogP contribution is -2.28. The lowest BCUT2D eigenvalue weighted by Gasteiger charge is -2.21. The van der Waals surface area contributed by atoms with Gasteiger partial charge >= 0.3 is 5.97 Å². The summed E-state index contributed by atoms with van der Waals surface area (Å²) in [5.41, 5.74) is 14.5. The van der Waals surface area contributed by atoms with E-state index < -0.39 is 11.9 Å². The molecule has 0 aliphatic carbocycles. The molecule has 0 saturated carbocycles. The van der Waals surface area contributed by atoms with Crippen molar-refractivity contribution in [3.05, 3.63) is 76.9 Å². The SMILES string of the molecule is COC(=O)c1cc(C)ccc1N(C)C(=O)c1ccc(NC(=O)c2cccc(N)c2N)c(OC)c1. The van der Waals surface area contributed by atoms with Crippen molar-refractivity contribution in [2.24, 2.45) is 0 Å². The highest BCUT2D eigenvalue weighted by Gasteiger charge is 2.22. The predicted octanol–water partition coefficient (Wildman–Crippen LogP) is 3.48. The van der Waals surface area contributed by atoms with Crippen LogP contribution in [0.1, 0.15) is 36.6 Å². The zero-order chi connectivity index (χ0) is 25.0. The van der Waals surface area contributed by atoms with E-state index in [-0.39, 0.29) is 34.0 Å². The van der Waals surface area contributed by atoms with Crippen LogP contribution in [0, 0.1) is 6.92 Å². The Morgan fingerprint density at radius 3 is 2.35 bits per heavy atom. The number of esters is 1. The minimum atomic E-state index is -0.546. The summed E-state index contributed by atoms with van der Waals surface area (Å²) in [4.78, 5) is 39.5. The van der Waals surface area contributed by atoms with E-state index in [4.69, 9.17) is 20.9 Å². The third-order valence-corrected chi connectivity index (χ3v) is 5.30. The van der Waals surface area contributed by atoms with Gasteiger partial charge in [-0.15, -0.1) is 0 Å². The normalized spacial score (nSPS) is 10.4. The van der Waals surface area contributed by atoms with Gasteiger partial charge in [0, 0.05) is 12.6 Å². The lowest BCUT2D eigenvalue weighted by atomic mass is 10.1. The number of para-hydroxylation sites is 1. The van der Waals surface area contributed by atoms with Crippen LogP contribution < -0.4 is 26.4 Å². The number of anilines is 4. The van der Waals surface area contributed by atoms with E-state index in [1.165, 1.54) is 25.2 Å². The first-order chi connectivity index (χ1) is 16.2. The number of ether oxygens (including phenoxy) is 2. The van der Waals surface area contributed by atoms with Crippen molar-refractivity contribution in [1.82, 2.24) is 0 Å². The van der Waals surface area contributed by atoms with Crippen LogP contribution in [-0.2, 0) is 4.74 Å². The summed E-state index contributed by atoms with van der Waals surface area (Å²) < 4.78 is 10.2. The number of rotatable bonds is 6. The van der Waals surface area contributed by atoms with Gasteiger partial charge in [0.15, 0.2) is 0 Å². The molecule has 9 nitrogen and oxygen atoms in total. The number of nitrogen functional groups attached to an aromatic ring is 2. The molecular formula is C25H26N4O5. The van der Waals surface area contributed by atoms with Gasteiger partial charge in [-0.1, -0.05) is 17.7 Å². The van der Waals surface area contributed by atoms with E-state index in [0.29, 0.717) is 17.1 Å². The molecule has 3 rings (SSSR count). The summed E-state index contributed by atoms with van der Waals surface area (Å²) >= 11 is 0. The zero-order valence-corrected chi connectivity index (χ0v) is 19.3. The quantitative estimate of drug-likeness (QED) is 0.377. The Labute approximate surface area is 197 Å². The van der Waals surface area contributed by atoms with Crippen LogP contribution in [0.25, 0.3) is 0 Å². The molecular weight excluding hydrogens is 436 g/mol. The van der Waals surface area contributed by atoms with Crippen LogP contribution in [0.15, 0.2) is 54.6 Å². The highest BCUT2D eigenvalue weighted by atomic mass is 16.5. The van der Waals surface area contributed by atoms with Gasteiger partial charge in [-0.3, -0.25) is 9.59 Å². The molecule has 3 aromatic carbocycles. The van der Waals surface area contributed by atoms with E-state index in [0.717, 1.165) is 5.56 Å². The summed E-state index contributed by atoms with van der Waals surface area (Å²) in [6.07, 6.45) is 0. The summed E-state index contributed by atoms with van der Waals surface area (Å²) in [5, 5.41) is 2.73. The number of hydrogen-bond donors (Lipinski definition) is 3. The van der Waals surface area contributed by atoms with Crippen LogP contribution in [0.2, 0.25) is 0 Å². The Morgan fingerprint density at radius 2 is 1.68 bits per heavy atom. The molecule has 0 aromatic heterocycles. The number of methoxy groups -OCH3 is 2. The van der Waals surface area contributed by atoms with Crippen LogP contribution in [0.5, 0.6) is 5.75 Å². The maximum atomic E-state index is 13.2. The molecule has 3 aromatic rings. The molecule has 0 aliphatic rings. The predicted molar refractivity (Wildman–Crippen MR) is 131 cm³/mol. The molecule has 0 atom stereocenters. The Balaban J connectivity index is 1.89. The summed E-state index contributed by atoms with van der Waals surface area (Å²) in [6, 6.07) is 14.5. The number of nitrogens with two attached hydrogens (primary N) is 2. The summed E-state index contributed by atoms with van der Waals surface area (Å²) in [5.74, 6) is -1.13. The lowest BCUT2D eigenvalue weighted by molar-refractivity contribution is 0.0601. The standard InChI is InChI=1S/C25H26N4O5/c1-14-8-11-20(17(12-14)25(32)34-4)29(2)24(31)15-9-10-19(21(13-15)33-3)28-23(30)16-6-5-7-18(26)22(16)27/h5-13H,26-27H2,1-4H3,(H,28,30). The van der Waals surface area contributed by atoms with Crippen molar-refractivity contribution < 1.29 is 23.9 Å². The van der Waals surface area contributed by atoms with Crippen LogP contribution in [-0.4, -0.2) is 39.1 Å². The van der Waals surface area contributed by atoms with Gasteiger partial charge < -0.3 is 31.2 Å². The molecule has 2 amide bonds. The minimum absolute atomic E-state index is 0.173. The van der Waals surface area contributed by atoms with Crippen LogP contribution in [0.4, 0.5) is 22.7 Å². The van der Waals surface area contributed by atoms with Crippen molar-refractivity contribution in [3.63, 3.8) is 0 Å². The Morgan fingerprint density at radius 1 is 0.941 bits per heavy atom. The second-order valence-corrected chi connectivity index (χ2v) is 7.55. The van der Waals surface area contributed by atoms with Gasteiger partial charge in [0.05, 0.1) is 48.1 Å². The van der Waals surface area contributed by atoms with Crippen LogP contribution in [0.3, 0.4) is 0 Å². The molecule has 0 radical (unpaired) electrons. The van der Waals surface area contributed by atoms with Crippen molar-refractivity contribution in [3.8, 4) is 5.75 Å². The fourth-order valence-corrected chi connectivity index (χ4v) is 3.42. The highest BCUT2D eigenvalue weighted by molar-refractivity contribution is 6.11. The number of benzene rings is 3. The Hall–Kier alpha value is -4.53. The maximum Gasteiger partial charge on any atom is 0.339 e. The largest absolute Gasteiger partial charge is 0.495 e. The van der Waals surface area contributed by atoms with E-state index in [1.807, 2.05) is 6.92 Å². The topological polar surface area (TPSA) is 137 Å². The van der Waals surface area contributed by atoms with Gasteiger partial charge in [-0.05, 0) is 49.4 Å². The molecule has 0 aliphatic heterocycles. The van der Waals surface area contributed by atoms with Crippen molar-refractivity contribution in [2.45, 2.75) is 6.92 Å². The second-order valence-electron chi connectivity index (χ2n) is 7.55. The zero-order valence-electron chi connectivity index (χ0n) is 19.3. The number of aryl methyl sites for hydroxylation is 1. The third-order valence-electron chi connectivity index (χ3n) is 5.30. The average Bonchev–Trinajstić information content (AvgIpc) is 2.84. The number of carbonyl (C=O) groups excluding carboxylic acids is 3. The molecule has 0 bridgehead atoms. The number of amides is 2. The number of nitrogens with zero attached hydrogens (tertiary/aromatic N) is 1. The van der Waals surface area contributed by atoms with E-state index >= 15 is 0 Å². The van der Waals surface area contributed by atoms with Gasteiger partial charge in [0.2, 0.25) is 0 Å². The average molecular weight is 463 g/mol. The molecule has 0 heterocycles. The monoisotopic (exact) mass is 462 g/mol. The summed E-state index contributed by atoms with van der Waals surface area (Å²) in [6.45, 7) is 1.84.